The molecular weight excluding hydrogens is 372 g/mol. The van der Waals surface area contributed by atoms with Gasteiger partial charge in [0.25, 0.3) is 0 Å². The van der Waals surface area contributed by atoms with Crippen LogP contribution in [-0.4, -0.2) is 49.8 Å². The minimum Gasteiger partial charge on any atom is -0.464 e. The second-order valence-corrected chi connectivity index (χ2v) is 7.16. The lowest BCUT2D eigenvalue weighted by Crippen LogP contribution is -2.46. The summed E-state index contributed by atoms with van der Waals surface area (Å²) < 4.78 is 11.4. The second-order valence-electron chi connectivity index (χ2n) is 7.16. The number of urea groups is 2. The summed E-state index contributed by atoms with van der Waals surface area (Å²) in [6.45, 7) is 4.74. The normalized spacial score (nSPS) is 19.8. The Morgan fingerprint density at radius 2 is 2.17 bits per heavy atom. The lowest BCUT2D eigenvalue weighted by atomic mass is 10.2. The summed E-state index contributed by atoms with van der Waals surface area (Å²) in [6.07, 6.45) is 1.69. The van der Waals surface area contributed by atoms with E-state index in [0.29, 0.717) is 38.5 Å². The van der Waals surface area contributed by atoms with Gasteiger partial charge in [-0.25, -0.2) is 9.59 Å². The Bertz CT molecular complexity index is 881. The standard InChI is InChI=1S/C21H26N4O4/c1-2-17-7-8-19(29-17)18-14-28-12-11-25(18)21(27)23-15-5-3-6-16(13-15)24-10-4-9-22-20(24)26/h3,5-8,13,18H,2,4,9-12,14H2,1H3,(H,22,26)(H,23,27)/t18-/m1/s1. The molecule has 8 heteroatoms. The molecule has 1 aromatic heterocycles. The monoisotopic (exact) mass is 398 g/mol. The van der Waals surface area contributed by atoms with Gasteiger partial charge in [0.05, 0.1) is 13.2 Å². The van der Waals surface area contributed by atoms with Gasteiger partial charge in [-0.05, 0) is 36.8 Å². The number of nitrogens with one attached hydrogen (secondary N) is 2. The lowest BCUT2D eigenvalue weighted by molar-refractivity contribution is 0.00702. The average molecular weight is 398 g/mol. The Kier molecular flexibility index (Phi) is 5.71. The Morgan fingerprint density at radius 3 is 2.97 bits per heavy atom. The SMILES string of the molecule is CCc1ccc([C@H]2COCCN2C(=O)Nc2cccc(N3CCCNC3=O)c2)o1. The number of morpholine rings is 1. The van der Waals surface area contributed by atoms with Crippen LogP contribution in [0.25, 0.3) is 0 Å². The van der Waals surface area contributed by atoms with Crippen molar-refractivity contribution in [3.63, 3.8) is 0 Å². The molecule has 2 aliphatic heterocycles. The molecule has 29 heavy (non-hydrogen) atoms. The molecule has 2 fully saturated rings. The fraction of sp³-hybridized carbons (Fsp3) is 0.429. The van der Waals surface area contributed by atoms with E-state index in [1.807, 2.05) is 43.3 Å². The van der Waals surface area contributed by atoms with Gasteiger partial charge >= 0.3 is 12.1 Å². The maximum absolute atomic E-state index is 13.0. The number of hydrogen-bond acceptors (Lipinski definition) is 4. The number of carbonyl (C=O) groups excluding carboxylic acids is 2. The maximum Gasteiger partial charge on any atom is 0.322 e. The number of amides is 4. The predicted octanol–water partition coefficient (Wildman–Crippen LogP) is 3.37. The second kappa shape index (κ2) is 8.57. The first kappa shape index (κ1) is 19.3. The topological polar surface area (TPSA) is 87.0 Å². The van der Waals surface area contributed by atoms with Crippen molar-refractivity contribution >= 4 is 23.4 Å². The van der Waals surface area contributed by atoms with Crippen molar-refractivity contribution in [2.24, 2.45) is 0 Å². The van der Waals surface area contributed by atoms with Crippen molar-refractivity contribution in [3.8, 4) is 0 Å². The molecule has 0 unspecified atom stereocenters. The molecule has 3 heterocycles. The Morgan fingerprint density at radius 1 is 1.28 bits per heavy atom. The highest BCUT2D eigenvalue weighted by molar-refractivity contribution is 5.95. The van der Waals surface area contributed by atoms with Crippen LogP contribution in [0.4, 0.5) is 21.0 Å². The number of aryl methyl sites for hydroxylation is 1. The van der Waals surface area contributed by atoms with Crippen LogP contribution in [0.2, 0.25) is 0 Å². The Labute approximate surface area is 169 Å². The summed E-state index contributed by atoms with van der Waals surface area (Å²) in [5.41, 5.74) is 1.40. The van der Waals surface area contributed by atoms with Gasteiger partial charge in [-0.1, -0.05) is 13.0 Å². The summed E-state index contributed by atoms with van der Waals surface area (Å²) in [5, 5.41) is 5.80. The number of furan rings is 1. The quantitative estimate of drug-likeness (QED) is 0.827. The molecule has 0 bridgehead atoms. The molecule has 8 nitrogen and oxygen atoms in total. The maximum atomic E-state index is 13.0. The van der Waals surface area contributed by atoms with E-state index in [2.05, 4.69) is 10.6 Å². The van der Waals surface area contributed by atoms with Crippen molar-refractivity contribution in [3.05, 3.63) is 47.9 Å². The van der Waals surface area contributed by atoms with E-state index in [4.69, 9.17) is 9.15 Å². The van der Waals surface area contributed by atoms with Gasteiger partial charge in [-0.3, -0.25) is 4.90 Å². The number of ether oxygens (including phenoxy) is 1. The molecule has 2 N–H and O–H groups in total. The molecule has 2 aliphatic rings. The molecule has 0 saturated carbocycles. The van der Waals surface area contributed by atoms with E-state index in [9.17, 15) is 9.59 Å². The van der Waals surface area contributed by atoms with E-state index < -0.39 is 0 Å². The fourth-order valence-electron chi connectivity index (χ4n) is 3.67. The highest BCUT2D eigenvalue weighted by Gasteiger charge is 2.31. The number of carbonyl (C=O) groups is 2. The fourth-order valence-corrected chi connectivity index (χ4v) is 3.67. The van der Waals surface area contributed by atoms with E-state index in [0.717, 1.165) is 30.0 Å². The van der Waals surface area contributed by atoms with Crippen molar-refractivity contribution in [2.45, 2.75) is 25.8 Å². The van der Waals surface area contributed by atoms with Crippen LogP contribution < -0.4 is 15.5 Å². The van der Waals surface area contributed by atoms with Crippen molar-refractivity contribution in [1.29, 1.82) is 0 Å². The van der Waals surface area contributed by atoms with Gasteiger partial charge in [0, 0.05) is 37.4 Å². The van der Waals surface area contributed by atoms with E-state index in [-0.39, 0.29) is 18.1 Å². The first-order valence-corrected chi connectivity index (χ1v) is 10.0. The number of nitrogens with zero attached hydrogens (tertiary/aromatic N) is 2. The van der Waals surface area contributed by atoms with Crippen molar-refractivity contribution in [2.75, 3.05) is 43.1 Å². The number of hydrogen-bond donors (Lipinski definition) is 2. The molecule has 2 aromatic rings. The zero-order valence-electron chi connectivity index (χ0n) is 16.5. The molecule has 4 amide bonds. The predicted molar refractivity (Wildman–Crippen MR) is 109 cm³/mol. The number of rotatable bonds is 4. The number of benzene rings is 1. The van der Waals surface area contributed by atoms with Crippen LogP contribution >= 0.6 is 0 Å². The van der Waals surface area contributed by atoms with Gasteiger partial charge in [-0.15, -0.1) is 0 Å². The minimum absolute atomic E-state index is 0.113. The summed E-state index contributed by atoms with van der Waals surface area (Å²) in [7, 11) is 0. The van der Waals surface area contributed by atoms with Gasteiger partial charge in [0.1, 0.15) is 17.6 Å². The molecule has 0 radical (unpaired) electrons. The molecule has 1 aromatic carbocycles. The van der Waals surface area contributed by atoms with Gasteiger partial charge < -0.3 is 24.7 Å². The van der Waals surface area contributed by atoms with Crippen LogP contribution in [0.3, 0.4) is 0 Å². The zero-order valence-corrected chi connectivity index (χ0v) is 16.5. The average Bonchev–Trinajstić information content (AvgIpc) is 3.23. The van der Waals surface area contributed by atoms with Gasteiger partial charge in [0.15, 0.2) is 0 Å². The summed E-state index contributed by atoms with van der Waals surface area (Å²) in [6, 6.07) is 10.6. The van der Waals surface area contributed by atoms with Gasteiger partial charge in [-0.2, -0.15) is 0 Å². The third kappa shape index (κ3) is 4.22. The Hall–Kier alpha value is -3.00. The molecule has 1 atom stereocenters. The molecule has 0 spiro atoms. The highest BCUT2D eigenvalue weighted by Crippen LogP contribution is 2.28. The minimum atomic E-state index is -0.264. The first-order valence-electron chi connectivity index (χ1n) is 10.0. The third-order valence-corrected chi connectivity index (χ3v) is 5.24. The lowest BCUT2D eigenvalue weighted by Gasteiger charge is -2.34. The van der Waals surface area contributed by atoms with E-state index in [1.54, 1.807) is 9.80 Å². The molecular formula is C21H26N4O4. The smallest absolute Gasteiger partial charge is 0.322 e. The van der Waals surface area contributed by atoms with Crippen LogP contribution in [0, 0.1) is 0 Å². The van der Waals surface area contributed by atoms with Crippen LogP contribution in [0.15, 0.2) is 40.8 Å². The number of anilines is 2. The van der Waals surface area contributed by atoms with Gasteiger partial charge in [0.2, 0.25) is 0 Å². The first-order chi connectivity index (χ1) is 14.2. The highest BCUT2D eigenvalue weighted by atomic mass is 16.5. The summed E-state index contributed by atoms with van der Waals surface area (Å²) in [5.74, 6) is 1.62. The van der Waals surface area contributed by atoms with Crippen molar-refractivity contribution < 1.29 is 18.7 Å². The molecule has 4 rings (SSSR count). The van der Waals surface area contributed by atoms with Crippen LogP contribution in [-0.2, 0) is 11.2 Å². The molecule has 2 saturated heterocycles. The molecule has 154 valence electrons. The van der Waals surface area contributed by atoms with E-state index >= 15 is 0 Å². The molecule has 0 aliphatic carbocycles. The largest absolute Gasteiger partial charge is 0.464 e. The van der Waals surface area contributed by atoms with Crippen LogP contribution in [0.1, 0.15) is 30.9 Å². The van der Waals surface area contributed by atoms with Crippen LogP contribution in [0.5, 0.6) is 0 Å². The van der Waals surface area contributed by atoms with E-state index in [1.165, 1.54) is 0 Å². The van der Waals surface area contributed by atoms with Crippen molar-refractivity contribution in [1.82, 2.24) is 10.2 Å². The summed E-state index contributed by atoms with van der Waals surface area (Å²) >= 11 is 0. The summed E-state index contributed by atoms with van der Waals surface area (Å²) in [4.78, 5) is 28.5. The Balaban J connectivity index is 1.49. The zero-order chi connectivity index (χ0) is 20.2. The third-order valence-electron chi connectivity index (χ3n) is 5.24.